The molecule has 0 N–H and O–H groups in total. The number of carbonyl (C=O) groups excluding carboxylic acids is 1. The molecule has 0 unspecified atom stereocenters. The minimum absolute atomic E-state index is 0.110. The highest BCUT2D eigenvalue weighted by Crippen LogP contribution is 2.30. The van der Waals surface area contributed by atoms with Crippen LogP contribution in [-0.2, 0) is 12.8 Å². The molecule has 0 spiro atoms. The highest BCUT2D eigenvalue weighted by atomic mass is 16.5. The number of hydrogen-bond donors (Lipinski definition) is 0. The lowest BCUT2D eigenvalue weighted by atomic mass is 9.80. The summed E-state index contributed by atoms with van der Waals surface area (Å²) in [6, 6.07) is 16.0. The van der Waals surface area contributed by atoms with Crippen LogP contribution in [-0.4, -0.2) is 12.9 Å². The van der Waals surface area contributed by atoms with E-state index in [1.807, 2.05) is 36.4 Å². The van der Waals surface area contributed by atoms with E-state index in [-0.39, 0.29) is 11.7 Å². The molecule has 2 nitrogen and oxygen atoms in total. The molecule has 2 aromatic carbocycles. The Morgan fingerprint density at radius 2 is 1.95 bits per heavy atom. The van der Waals surface area contributed by atoms with Gasteiger partial charge in [-0.15, -0.1) is 0 Å². The molecule has 1 aliphatic carbocycles. The van der Waals surface area contributed by atoms with E-state index in [4.69, 9.17) is 4.74 Å². The summed E-state index contributed by atoms with van der Waals surface area (Å²) in [5, 5.41) is 0. The summed E-state index contributed by atoms with van der Waals surface area (Å²) in [5.74, 6) is 1.22. The Hall–Kier alpha value is -2.09. The van der Waals surface area contributed by atoms with E-state index >= 15 is 0 Å². The third kappa shape index (κ3) is 2.46. The van der Waals surface area contributed by atoms with Crippen LogP contribution in [0.5, 0.6) is 5.75 Å². The fraction of sp³-hybridized carbons (Fsp3) is 0.278. The van der Waals surface area contributed by atoms with Crippen molar-refractivity contribution in [2.24, 2.45) is 5.92 Å². The third-order valence-electron chi connectivity index (χ3n) is 4.04. The van der Waals surface area contributed by atoms with Gasteiger partial charge in [0.2, 0.25) is 0 Å². The molecule has 0 aromatic heterocycles. The monoisotopic (exact) mass is 266 g/mol. The second-order valence-electron chi connectivity index (χ2n) is 5.31. The number of hydrogen-bond acceptors (Lipinski definition) is 2. The van der Waals surface area contributed by atoms with Crippen LogP contribution in [0.3, 0.4) is 0 Å². The van der Waals surface area contributed by atoms with Crippen molar-refractivity contribution < 1.29 is 9.53 Å². The van der Waals surface area contributed by atoms with Gasteiger partial charge in [-0.25, -0.2) is 0 Å². The third-order valence-corrected chi connectivity index (χ3v) is 4.04. The molecule has 3 rings (SSSR count). The summed E-state index contributed by atoms with van der Waals surface area (Å²) in [4.78, 5) is 12.6. The van der Waals surface area contributed by atoms with E-state index < -0.39 is 0 Å². The number of carbonyl (C=O) groups is 1. The molecular weight excluding hydrogens is 248 g/mol. The zero-order valence-electron chi connectivity index (χ0n) is 11.6. The van der Waals surface area contributed by atoms with E-state index in [9.17, 15) is 4.79 Å². The van der Waals surface area contributed by atoms with Crippen molar-refractivity contribution in [3.8, 4) is 5.75 Å². The average Bonchev–Trinajstić information content (AvgIpc) is 2.51. The molecule has 0 aliphatic heterocycles. The maximum Gasteiger partial charge on any atom is 0.166 e. The molecule has 2 aromatic rings. The fourth-order valence-electron chi connectivity index (χ4n) is 2.92. The largest absolute Gasteiger partial charge is 0.497 e. The molecule has 0 saturated heterocycles. The van der Waals surface area contributed by atoms with Crippen molar-refractivity contribution in [2.75, 3.05) is 7.11 Å². The first-order valence-electron chi connectivity index (χ1n) is 7.03. The van der Waals surface area contributed by atoms with Crippen molar-refractivity contribution in [3.63, 3.8) is 0 Å². The number of ketones is 1. The number of rotatable bonds is 3. The Morgan fingerprint density at radius 1 is 1.15 bits per heavy atom. The Balaban J connectivity index is 1.82. The molecule has 1 atom stereocenters. The molecule has 20 heavy (non-hydrogen) atoms. The lowest BCUT2D eigenvalue weighted by molar-refractivity contribution is 0.0901. The first kappa shape index (κ1) is 12.9. The van der Waals surface area contributed by atoms with Crippen LogP contribution in [0.4, 0.5) is 0 Å². The van der Waals surface area contributed by atoms with Gasteiger partial charge < -0.3 is 4.74 Å². The summed E-state index contributed by atoms with van der Waals surface area (Å²) >= 11 is 0. The van der Waals surface area contributed by atoms with Crippen molar-refractivity contribution in [1.29, 1.82) is 0 Å². The van der Waals surface area contributed by atoms with Gasteiger partial charge in [-0.3, -0.25) is 4.79 Å². The number of ether oxygens (including phenoxy) is 1. The van der Waals surface area contributed by atoms with E-state index in [0.717, 1.165) is 36.1 Å². The zero-order chi connectivity index (χ0) is 13.9. The summed E-state index contributed by atoms with van der Waals surface area (Å²) in [6.45, 7) is 0. The van der Waals surface area contributed by atoms with Crippen molar-refractivity contribution >= 4 is 5.78 Å². The first-order chi connectivity index (χ1) is 9.78. The molecule has 0 fully saturated rings. The fourth-order valence-corrected chi connectivity index (χ4v) is 2.92. The quantitative estimate of drug-likeness (QED) is 0.847. The SMILES string of the molecule is COc1ccc2c(c1)CC[C@@H](Cc1ccccc1)C2=O. The molecule has 2 heteroatoms. The number of methoxy groups -OCH3 is 1. The van der Waals surface area contributed by atoms with Crippen LogP contribution in [0.15, 0.2) is 48.5 Å². The van der Waals surface area contributed by atoms with E-state index in [0.29, 0.717) is 0 Å². The highest BCUT2D eigenvalue weighted by molar-refractivity contribution is 6.00. The Morgan fingerprint density at radius 3 is 2.70 bits per heavy atom. The second-order valence-corrected chi connectivity index (χ2v) is 5.31. The number of fused-ring (bicyclic) bond motifs is 1. The van der Waals surface area contributed by atoms with E-state index in [2.05, 4.69) is 12.1 Å². The van der Waals surface area contributed by atoms with Crippen molar-refractivity contribution in [1.82, 2.24) is 0 Å². The minimum Gasteiger partial charge on any atom is -0.497 e. The van der Waals surface area contributed by atoms with Gasteiger partial charge in [0, 0.05) is 11.5 Å². The standard InChI is InChI=1S/C18H18O2/c1-20-16-9-10-17-14(12-16)7-8-15(18(17)19)11-13-5-3-2-4-6-13/h2-6,9-10,12,15H,7-8,11H2,1H3/t15-/m0/s1. The number of Topliss-reactive ketones (excluding diaryl/α,β-unsaturated/α-hetero) is 1. The van der Waals surface area contributed by atoms with Gasteiger partial charge >= 0.3 is 0 Å². The Kier molecular flexibility index (Phi) is 3.55. The lowest BCUT2D eigenvalue weighted by Gasteiger charge is -2.23. The predicted molar refractivity (Wildman–Crippen MR) is 79.3 cm³/mol. The molecule has 0 bridgehead atoms. The molecule has 0 amide bonds. The molecule has 0 radical (unpaired) electrons. The zero-order valence-corrected chi connectivity index (χ0v) is 11.6. The summed E-state index contributed by atoms with van der Waals surface area (Å²) in [6.07, 6.45) is 2.72. The van der Waals surface area contributed by atoms with Crippen LogP contribution in [0, 0.1) is 5.92 Å². The number of aryl methyl sites for hydroxylation is 1. The van der Waals surface area contributed by atoms with Gasteiger partial charge in [0.15, 0.2) is 5.78 Å². The molecule has 0 heterocycles. The normalized spacial score (nSPS) is 17.6. The lowest BCUT2D eigenvalue weighted by Crippen LogP contribution is -2.24. The Bertz CT molecular complexity index is 617. The summed E-state index contributed by atoms with van der Waals surface area (Å²) < 4.78 is 5.23. The molecule has 102 valence electrons. The second kappa shape index (κ2) is 5.49. The predicted octanol–water partition coefficient (Wildman–Crippen LogP) is 3.68. The molecule has 1 aliphatic rings. The van der Waals surface area contributed by atoms with Crippen LogP contribution in [0.2, 0.25) is 0 Å². The summed E-state index contributed by atoms with van der Waals surface area (Å²) in [7, 11) is 1.66. The maximum absolute atomic E-state index is 12.6. The molecule has 0 saturated carbocycles. The van der Waals surface area contributed by atoms with Crippen LogP contribution in [0.25, 0.3) is 0 Å². The van der Waals surface area contributed by atoms with Crippen LogP contribution >= 0.6 is 0 Å². The van der Waals surface area contributed by atoms with Gasteiger partial charge in [0.25, 0.3) is 0 Å². The van der Waals surface area contributed by atoms with Gasteiger partial charge in [-0.2, -0.15) is 0 Å². The highest BCUT2D eigenvalue weighted by Gasteiger charge is 2.27. The van der Waals surface area contributed by atoms with Crippen LogP contribution in [0.1, 0.15) is 27.9 Å². The van der Waals surface area contributed by atoms with E-state index in [1.54, 1.807) is 7.11 Å². The van der Waals surface area contributed by atoms with Gasteiger partial charge in [-0.05, 0) is 48.6 Å². The van der Waals surface area contributed by atoms with Crippen molar-refractivity contribution in [2.45, 2.75) is 19.3 Å². The van der Waals surface area contributed by atoms with Crippen LogP contribution < -0.4 is 4.74 Å². The maximum atomic E-state index is 12.6. The topological polar surface area (TPSA) is 26.3 Å². The molecular formula is C18H18O2. The Labute approximate surface area is 119 Å². The van der Waals surface area contributed by atoms with Gasteiger partial charge in [0.05, 0.1) is 7.11 Å². The minimum atomic E-state index is 0.110. The average molecular weight is 266 g/mol. The van der Waals surface area contributed by atoms with Gasteiger partial charge in [0.1, 0.15) is 5.75 Å². The summed E-state index contributed by atoms with van der Waals surface area (Å²) in [5.41, 5.74) is 3.24. The number of benzene rings is 2. The van der Waals surface area contributed by atoms with E-state index in [1.165, 1.54) is 5.56 Å². The van der Waals surface area contributed by atoms with Gasteiger partial charge in [-0.1, -0.05) is 30.3 Å². The smallest absolute Gasteiger partial charge is 0.166 e. The first-order valence-corrected chi connectivity index (χ1v) is 7.03. The van der Waals surface area contributed by atoms with Crippen molar-refractivity contribution in [3.05, 3.63) is 65.2 Å².